The number of allylic oxidation sites excluding steroid dienone is 1. The summed E-state index contributed by atoms with van der Waals surface area (Å²) in [4.78, 5) is 46.1. The van der Waals surface area contributed by atoms with Gasteiger partial charge in [0, 0.05) is 18.7 Å². The normalized spacial score (nSPS) is 14.4. The van der Waals surface area contributed by atoms with E-state index < -0.39 is 12.0 Å². The van der Waals surface area contributed by atoms with Crippen LogP contribution >= 0.6 is 11.3 Å². The zero-order valence-corrected chi connectivity index (χ0v) is 27.1. The highest BCUT2D eigenvalue weighted by atomic mass is 32.1. The van der Waals surface area contributed by atoms with Crippen LogP contribution in [-0.4, -0.2) is 53.8 Å². The Hall–Kier alpha value is -5.16. The number of fused-ring (bicyclic) bond motifs is 1. The zero-order chi connectivity index (χ0) is 33.0. The maximum Gasteiger partial charge on any atom is 0.335 e. The third-order valence-electron chi connectivity index (χ3n) is 7.82. The average molecular weight is 642 g/mol. The third kappa shape index (κ3) is 6.45. The molecule has 5 rings (SSSR count). The number of amides is 1. The van der Waals surface area contributed by atoms with Gasteiger partial charge in [-0.3, -0.25) is 14.2 Å². The molecular weight excluding hydrogens is 606 g/mol. The van der Waals surface area contributed by atoms with Crippen molar-refractivity contribution in [1.82, 2.24) is 9.47 Å². The van der Waals surface area contributed by atoms with E-state index in [1.807, 2.05) is 38.1 Å². The van der Waals surface area contributed by atoms with E-state index >= 15 is 0 Å². The Bertz CT molecular complexity index is 1970. The van der Waals surface area contributed by atoms with Crippen molar-refractivity contribution in [2.75, 3.05) is 27.3 Å². The molecule has 0 spiro atoms. The largest absolute Gasteiger partial charge is 0.497 e. The van der Waals surface area contributed by atoms with Gasteiger partial charge in [0.1, 0.15) is 29.9 Å². The van der Waals surface area contributed by atoms with Crippen LogP contribution < -0.4 is 29.1 Å². The van der Waals surface area contributed by atoms with Gasteiger partial charge in [-0.05, 0) is 80.4 Å². The van der Waals surface area contributed by atoms with Gasteiger partial charge in [0.2, 0.25) is 0 Å². The molecule has 1 aliphatic heterocycles. The quantitative estimate of drug-likeness (QED) is 0.258. The third-order valence-corrected chi connectivity index (χ3v) is 8.80. The van der Waals surface area contributed by atoms with E-state index in [1.165, 1.54) is 11.3 Å². The first-order valence-electron chi connectivity index (χ1n) is 14.8. The van der Waals surface area contributed by atoms with Crippen LogP contribution in [0.25, 0.3) is 6.08 Å². The van der Waals surface area contributed by atoms with E-state index in [0.29, 0.717) is 56.5 Å². The number of carbonyl (C=O) groups excluding carboxylic acids is 1. The fraction of sp³-hybridized carbons (Fsp3) is 0.257. The van der Waals surface area contributed by atoms with Gasteiger partial charge in [-0.15, -0.1) is 0 Å². The Morgan fingerprint density at radius 2 is 1.65 bits per heavy atom. The van der Waals surface area contributed by atoms with Gasteiger partial charge in [0.05, 0.1) is 35.6 Å². The number of aromatic nitrogens is 1. The smallest absolute Gasteiger partial charge is 0.335 e. The van der Waals surface area contributed by atoms with Crippen LogP contribution in [0, 0.1) is 0 Å². The minimum absolute atomic E-state index is 0.191. The molecule has 0 radical (unpaired) electrons. The second-order valence-corrected chi connectivity index (χ2v) is 11.5. The Labute approximate surface area is 270 Å². The van der Waals surface area contributed by atoms with Crippen LogP contribution in [0.2, 0.25) is 0 Å². The van der Waals surface area contributed by atoms with Crippen LogP contribution in [0.4, 0.5) is 0 Å². The number of carboxylic acids is 1. The molecule has 3 aromatic carbocycles. The fourth-order valence-electron chi connectivity index (χ4n) is 5.35. The van der Waals surface area contributed by atoms with Gasteiger partial charge in [-0.2, -0.15) is 0 Å². The molecule has 1 aromatic heterocycles. The summed E-state index contributed by atoms with van der Waals surface area (Å²) in [6.45, 7) is 6.93. The van der Waals surface area contributed by atoms with E-state index in [0.717, 1.165) is 11.1 Å². The van der Waals surface area contributed by atoms with Crippen molar-refractivity contribution in [2.24, 2.45) is 4.99 Å². The summed E-state index contributed by atoms with van der Waals surface area (Å²) in [6, 6.07) is 18.4. The summed E-state index contributed by atoms with van der Waals surface area (Å²) in [5.41, 5.74) is 3.14. The first kappa shape index (κ1) is 32.2. The molecule has 238 valence electrons. The number of thiazole rings is 1. The number of rotatable bonds is 11. The highest BCUT2D eigenvalue weighted by molar-refractivity contribution is 7.07. The molecule has 0 aliphatic carbocycles. The van der Waals surface area contributed by atoms with Crippen LogP contribution in [0.15, 0.2) is 87.8 Å². The highest BCUT2D eigenvalue weighted by Crippen LogP contribution is 2.38. The molecule has 1 amide bonds. The number of nitrogens with zero attached hydrogens (tertiary/aromatic N) is 3. The second-order valence-electron chi connectivity index (χ2n) is 10.5. The number of benzene rings is 3. The summed E-state index contributed by atoms with van der Waals surface area (Å²) in [5.74, 6) is 0.551. The molecule has 0 bridgehead atoms. The van der Waals surface area contributed by atoms with Gasteiger partial charge in [0.25, 0.3) is 11.5 Å². The van der Waals surface area contributed by atoms with Crippen molar-refractivity contribution in [3.05, 3.63) is 120 Å². The van der Waals surface area contributed by atoms with Gasteiger partial charge in [-0.25, -0.2) is 9.79 Å². The van der Waals surface area contributed by atoms with E-state index in [-0.39, 0.29) is 23.6 Å². The lowest BCUT2D eigenvalue weighted by molar-refractivity contribution is -0.127. The first-order chi connectivity index (χ1) is 22.2. The van der Waals surface area contributed by atoms with Crippen molar-refractivity contribution >= 4 is 29.3 Å². The average Bonchev–Trinajstić information content (AvgIpc) is 3.37. The number of ether oxygens (including phenoxy) is 3. The predicted molar refractivity (Wildman–Crippen MR) is 175 cm³/mol. The van der Waals surface area contributed by atoms with Crippen molar-refractivity contribution in [3.63, 3.8) is 0 Å². The molecule has 1 atom stereocenters. The minimum Gasteiger partial charge on any atom is -0.497 e. The Balaban J connectivity index is 1.52. The van der Waals surface area contributed by atoms with E-state index in [1.54, 1.807) is 79.2 Å². The predicted octanol–water partition coefficient (Wildman–Crippen LogP) is 4.40. The topological polar surface area (TPSA) is 120 Å². The van der Waals surface area contributed by atoms with E-state index in [9.17, 15) is 14.4 Å². The number of carboxylic acid groups (broad SMARTS) is 1. The minimum atomic E-state index is -0.977. The SMILES string of the molecule is CCN(CC)C(=O)C1=C(C)N=c2s/c(=C/c3ccc(OCc4ccc(C(=O)O)cc4)cc3)c(=O)n2[C@H]1c1cc(OC)ccc1OC. The lowest BCUT2D eigenvalue weighted by Gasteiger charge is -2.30. The van der Waals surface area contributed by atoms with Crippen LogP contribution in [-0.2, 0) is 11.4 Å². The molecule has 2 heterocycles. The van der Waals surface area contributed by atoms with Crippen molar-refractivity contribution in [2.45, 2.75) is 33.4 Å². The standard InChI is InChI=1S/C35H35N3O7S/c1-6-37(7-2)33(40)30-21(3)36-35-38(31(30)27-19-26(43-4)16-17-28(27)44-5)32(39)29(46-35)18-22-10-14-25(15-11-22)45-20-23-8-12-24(13-9-23)34(41)42/h8-19,31H,6-7,20H2,1-5H3,(H,41,42)/b29-18+/t31-/m0/s1. The molecule has 4 aromatic rings. The molecule has 0 saturated heterocycles. The van der Waals surface area contributed by atoms with Crippen molar-refractivity contribution < 1.29 is 28.9 Å². The Morgan fingerprint density at radius 1 is 0.978 bits per heavy atom. The molecule has 0 unspecified atom stereocenters. The van der Waals surface area contributed by atoms with Gasteiger partial charge in [-0.1, -0.05) is 35.6 Å². The second kappa shape index (κ2) is 13.9. The monoisotopic (exact) mass is 641 g/mol. The number of carbonyl (C=O) groups is 2. The van der Waals surface area contributed by atoms with Crippen LogP contribution in [0.1, 0.15) is 53.9 Å². The number of methoxy groups -OCH3 is 2. The fourth-order valence-corrected chi connectivity index (χ4v) is 6.39. The van der Waals surface area contributed by atoms with Gasteiger partial charge >= 0.3 is 5.97 Å². The number of aromatic carboxylic acids is 1. The van der Waals surface area contributed by atoms with Crippen molar-refractivity contribution in [3.8, 4) is 17.2 Å². The maximum absolute atomic E-state index is 14.1. The molecule has 1 aliphatic rings. The maximum atomic E-state index is 14.1. The summed E-state index contributed by atoms with van der Waals surface area (Å²) in [6.07, 6.45) is 1.79. The molecule has 11 heteroatoms. The zero-order valence-electron chi connectivity index (χ0n) is 26.3. The van der Waals surface area contributed by atoms with Crippen LogP contribution in [0.5, 0.6) is 17.2 Å². The summed E-state index contributed by atoms with van der Waals surface area (Å²) in [5, 5.41) is 9.08. The molecule has 0 saturated carbocycles. The summed E-state index contributed by atoms with van der Waals surface area (Å²) in [7, 11) is 3.12. The lowest BCUT2D eigenvalue weighted by atomic mass is 9.93. The number of hydrogen-bond acceptors (Lipinski definition) is 8. The summed E-state index contributed by atoms with van der Waals surface area (Å²) < 4.78 is 19.1. The molecular formula is C35H35N3O7S. The molecule has 46 heavy (non-hydrogen) atoms. The number of likely N-dealkylation sites (N-methyl/N-ethyl adjacent to an activating group) is 1. The molecule has 1 N–H and O–H groups in total. The van der Waals surface area contributed by atoms with Crippen LogP contribution in [0.3, 0.4) is 0 Å². The highest BCUT2D eigenvalue weighted by Gasteiger charge is 2.36. The molecule has 10 nitrogen and oxygen atoms in total. The van der Waals surface area contributed by atoms with Gasteiger partial charge in [0.15, 0.2) is 4.80 Å². The van der Waals surface area contributed by atoms with E-state index in [4.69, 9.17) is 24.3 Å². The van der Waals surface area contributed by atoms with E-state index in [2.05, 4.69) is 0 Å². The van der Waals surface area contributed by atoms with Gasteiger partial charge < -0.3 is 24.2 Å². The summed E-state index contributed by atoms with van der Waals surface area (Å²) >= 11 is 1.25. The lowest BCUT2D eigenvalue weighted by Crippen LogP contribution is -2.43. The van der Waals surface area contributed by atoms with Crippen molar-refractivity contribution in [1.29, 1.82) is 0 Å². The molecule has 0 fully saturated rings. The Kier molecular flexibility index (Phi) is 9.72. The first-order valence-corrected chi connectivity index (χ1v) is 15.6. The Morgan fingerprint density at radius 3 is 2.26 bits per heavy atom. The number of hydrogen-bond donors (Lipinski definition) is 1.